The highest BCUT2D eigenvalue weighted by molar-refractivity contribution is 6.03. The lowest BCUT2D eigenvalue weighted by Gasteiger charge is -2.35. The Morgan fingerprint density at radius 2 is 1.46 bits per heavy atom. The molecule has 4 aromatic rings. The summed E-state index contributed by atoms with van der Waals surface area (Å²) in [5.41, 5.74) is 1.59. The Bertz CT molecular complexity index is 1970. The number of hydroxylamine groups is 2. The number of aromatic amines is 1. The maximum atomic E-state index is 14.9. The Morgan fingerprint density at radius 3 is 2.15 bits per heavy atom. The van der Waals surface area contributed by atoms with Gasteiger partial charge in [0.05, 0.1) is 22.2 Å². The van der Waals surface area contributed by atoms with E-state index in [-0.39, 0.29) is 73.6 Å². The van der Waals surface area contributed by atoms with Crippen LogP contribution in [0, 0.1) is 12.7 Å². The van der Waals surface area contributed by atoms with Gasteiger partial charge in [-0.3, -0.25) is 24.0 Å². The average Bonchev–Trinajstić information content (AvgIpc) is 3.38. The summed E-state index contributed by atoms with van der Waals surface area (Å²) >= 11 is 0. The van der Waals surface area contributed by atoms with Gasteiger partial charge >= 0.3 is 5.97 Å². The molecule has 234 valence electrons. The van der Waals surface area contributed by atoms with E-state index in [0.717, 1.165) is 0 Å². The number of hydrogen-bond acceptors (Lipinski definition) is 8. The summed E-state index contributed by atoms with van der Waals surface area (Å²) in [7, 11) is 0. The third-order valence-corrected chi connectivity index (χ3v) is 8.00. The molecule has 1 aromatic heterocycles. The molecule has 0 aliphatic carbocycles. The van der Waals surface area contributed by atoms with E-state index >= 15 is 0 Å². The molecule has 0 bridgehead atoms. The van der Waals surface area contributed by atoms with E-state index in [1.165, 1.54) is 34.1 Å². The predicted molar refractivity (Wildman–Crippen MR) is 161 cm³/mol. The van der Waals surface area contributed by atoms with Crippen molar-refractivity contribution in [1.29, 1.82) is 0 Å². The summed E-state index contributed by atoms with van der Waals surface area (Å²) in [5, 5.41) is 8.25. The van der Waals surface area contributed by atoms with Gasteiger partial charge in [0.25, 0.3) is 29.2 Å². The zero-order chi connectivity index (χ0) is 32.5. The van der Waals surface area contributed by atoms with Crippen molar-refractivity contribution < 1.29 is 33.2 Å². The normalized spacial score (nSPS) is 15.0. The Kier molecular flexibility index (Phi) is 8.14. The van der Waals surface area contributed by atoms with Crippen LogP contribution in [0.15, 0.2) is 65.5 Å². The summed E-state index contributed by atoms with van der Waals surface area (Å²) in [4.78, 5) is 83.3. The third-order valence-electron chi connectivity index (χ3n) is 8.00. The lowest BCUT2D eigenvalue weighted by molar-refractivity contribution is -0.172. The van der Waals surface area contributed by atoms with Crippen molar-refractivity contribution in [3.63, 3.8) is 0 Å². The Morgan fingerprint density at radius 1 is 0.826 bits per heavy atom. The highest BCUT2D eigenvalue weighted by Gasteiger charge is 2.34. The third kappa shape index (κ3) is 5.99. The summed E-state index contributed by atoms with van der Waals surface area (Å²) in [6.07, 6.45) is 0.181. The fourth-order valence-corrected chi connectivity index (χ4v) is 5.63. The van der Waals surface area contributed by atoms with Gasteiger partial charge in [0, 0.05) is 56.4 Å². The second kappa shape index (κ2) is 12.3. The van der Waals surface area contributed by atoms with Crippen molar-refractivity contribution in [3.05, 3.63) is 110 Å². The van der Waals surface area contributed by atoms with Crippen LogP contribution in [0.1, 0.15) is 60.7 Å². The second-order valence-electron chi connectivity index (χ2n) is 11.2. The van der Waals surface area contributed by atoms with Crippen molar-refractivity contribution >= 4 is 40.4 Å². The largest absolute Gasteiger partial charge is 0.363 e. The van der Waals surface area contributed by atoms with Gasteiger partial charge in [-0.15, -0.1) is 5.06 Å². The number of amides is 4. The minimum absolute atomic E-state index is 0.00470. The number of halogens is 1. The van der Waals surface area contributed by atoms with Gasteiger partial charge in [0.1, 0.15) is 5.82 Å². The molecule has 0 radical (unpaired) electrons. The zero-order valence-electron chi connectivity index (χ0n) is 24.7. The molecule has 2 saturated heterocycles. The Balaban J connectivity index is 1.12. The number of piperazine rings is 1. The molecular weight excluding hydrogens is 597 g/mol. The van der Waals surface area contributed by atoms with Crippen LogP contribution in [0.4, 0.5) is 4.39 Å². The lowest BCUT2D eigenvalue weighted by Crippen LogP contribution is -2.50. The Labute approximate surface area is 261 Å². The van der Waals surface area contributed by atoms with Crippen LogP contribution in [0.2, 0.25) is 0 Å². The van der Waals surface area contributed by atoms with Gasteiger partial charge in [-0.1, -0.05) is 24.3 Å². The van der Waals surface area contributed by atoms with Gasteiger partial charge in [-0.05, 0) is 54.4 Å². The van der Waals surface area contributed by atoms with Crippen LogP contribution >= 0.6 is 0 Å². The molecule has 6 rings (SSSR count). The second-order valence-corrected chi connectivity index (χ2v) is 11.2. The Hall–Kier alpha value is -5.72. The summed E-state index contributed by atoms with van der Waals surface area (Å²) < 4.78 is 14.9. The van der Waals surface area contributed by atoms with Crippen LogP contribution < -0.4 is 5.56 Å². The molecule has 0 atom stereocenters. The number of imide groups is 1. The first-order valence-corrected chi connectivity index (χ1v) is 14.6. The summed E-state index contributed by atoms with van der Waals surface area (Å²) in [5.74, 6) is -3.74. The standard InChI is InChI=1S/C33H28FN5O7/c1-19-14-21(18-22(15-19)33(45)46-39-28(40)8-9-29(39)41)31(43)37-10-12-38(13-11-37)32(44)25-16-20(6-7-26(25)34)17-27-23-4-2-3-5-24(23)30(42)36-35-27/h2-7,14-16,18H,8-13,17H2,1H3,(H,36,42). The van der Waals surface area contributed by atoms with Gasteiger partial charge in [-0.2, -0.15) is 5.10 Å². The SMILES string of the molecule is Cc1cc(C(=O)ON2C(=O)CCC2=O)cc(C(=O)N2CCN(C(=O)c3cc(Cc4n[nH]c(=O)c5ccccc45)ccc3F)CC2)c1. The van der Waals surface area contributed by atoms with Gasteiger partial charge in [0.2, 0.25) is 0 Å². The number of carbonyl (C=O) groups is 5. The number of carbonyl (C=O) groups excluding carboxylic acids is 5. The van der Waals surface area contributed by atoms with E-state index < -0.39 is 29.5 Å². The van der Waals surface area contributed by atoms with E-state index in [9.17, 15) is 33.2 Å². The molecule has 13 heteroatoms. The number of aryl methyl sites for hydroxylation is 1. The van der Waals surface area contributed by atoms with Crippen LogP contribution in [-0.2, 0) is 20.8 Å². The molecule has 12 nitrogen and oxygen atoms in total. The first-order chi connectivity index (χ1) is 22.1. The number of fused-ring (bicyclic) bond motifs is 1. The van der Waals surface area contributed by atoms with Crippen LogP contribution in [-0.4, -0.2) is 80.8 Å². The smallest absolute Gasteiger partial charge is 0.335 e. The molecule has 2 aliphatic rings. The van der Waals surface area contributed by atoms with Gasteiger partial charge < -0.3 is 14.6 Å². The van der Waals surface area contributed by atoms with Crippen molar-refractivity contribution in [1.82, 2.24) is 25.1 Å². The molecule has 1 N–H and O–H groups in total. The fraction of sp³-hybridized carbons (Fsp3) is 0.242. The van der Waals surface area contributed by atoms with Crippen LogP contribution in [0.3, 0.4) is 0 Å². The molecule has 2 aliphatic heterocycles. The molecule has 3 heterocycles. The zero-order valence-corrected chi connectivity index (χ0v) is 24.7. The first-order valence-electron chi connectivity index (χ1n) is 14.6. The van der Waals surface area contributed by atoms with Crippen molar-refractivity contribution in [3.8, 4) is 0 Å². The molecule has 0 saturated carbocycles. The van der Waals surface area contributed by atoms with Crippen molar-refractivity contribution in [2.24, 2.45) is 0 Å². The number of nitrogens with zero attached hydrogens (tertiary/aromatic N) is 4. The maximum absolute atomic E-state index is 14.9. The maximum Gasteiger partial charge on any atom is 0.363 e. The fourth-order valence-electron chi connectivity index (χ4n) is 5.63. The molecule has 2 fully saturated rings. The number of H-pyrrole nitrogens is 1. The molecule has 0 unspecified atom stereocenters. The van der Waals surface area contributed by atoms with Crippen LogP contribution in [0.25, 0.3) is 10.8 Å². The van der Waals surface area contributed by atoms with Crippen molar-refractivity contribution in [2.75, 3.05) is 26.2 Å². The first kappa shape index (κ1) is 30.3. The van der Waals surface area contributed by atoms with Gasteiger partial charge in [-0.25, -0.2) is 14.3 Å². The number of nitrogens with one attached hydrogen (secondary N) is 1. The number of hydrogen-bond donors (Lipinski definition) is 1. The minimum Gasteiger partial charge on any atom is -0.335 e. The van der Waals surface area contributed by atoms with Crippen LogP contribution in [0.5, 0.6) is 0 Å². The average molecular weight is 626 g/mol. The van der Waals surface area contributed by atoms with E-state index in [0.29, 0.717) is 32.7 Å². The van der Waals surface area contributed by atoms with E-state index in [2.05, 4.69) is 10.2 Å². The molecule has 4 amide bonds. The number of aromatic nitrogens is 2. The summed E-state index contributed by atoms with van der Waals surface area (Å²) in [6, 6.07) is 15.7. The van der Waals surface area contributed by atoms with E-state index in [1.54, 1.807) is 43.3 Å². The van der Waals surface area contributed by atoms with E-state index in [4.69, 9.17) is 4.84 Å². The highest BCUT2D eigenvalue weighted by Crippen LogP contribution is 2.22. The topological polar surface area (TPSA) is 150 Å². The summed E-state index contributed by atoms with van der Waals surface area (Å²) in [6.45, 7) is 2.34. The highest BCUT2D eigenvalue weighted by atomic mass is 19.1. The van der Waals surface area contributed by atoms with E-state index in [1.807, 2.05) is 0 Å². The lowest BCUT2D eigenvalue weighted by atomic mass is 10.0. The number of benzene rings is 3. The molecular formula is C33H28FN5O7. The predicted octanol–water partition coefficient (Wildman–Crippen LogP) is 2.78. The molecule has 0 spiro atoms. The minimum atomic E-state index is -0.939. The number of rotatable bonds is 6. The molecule has 3 aromatic carbocycles. The van der Waals surface area contributed by atoms with Crippen molar-refractivity contribution in [2.45, 2.75) is 26.2 Å². The monoisotopic (exact) mass is 625 g/mol. The van der Waals surface area contributed by atoms with Gasteiger partial charge in [0.15, 0.2) is 0 Å². The quantitative estimate of drug-likeness (QED) is 0.322. The molecule has 46 heavy (non-hydrogen) atoms.